The number of phosphoric ester groups is 1. The molecule has 0 saturated carbocycles. The summed E-state index contributed by atoms with van der Waals surface area (Å²) in [5.74, 6) is -0.207. The standard InChI is InChI=1S/C38H77N2O6P/c1-6-8-10-12-14-15-16-17-18-19-20-21-22-23-24-25-26-27-29-31-37(41)36(39-38(42)32-30-28-13-11-9-7-2)35-46-47(43,44)45-34-33-40(3,4)5/h29,31,36-37,41H,6-28,30,32-35H2,1-5H3,(H-,39,42,43,44)/b31-29+. The van der Waals surface area contributed by atoms with Crippen LogP contribution in [0.2, 0.25) is 0 Å². The Hall–Kier alpha value is -0.760. The van der Waals surface area contributed by atoms with E-state index in [9.17, 15) is 19.4 Å². The number of hydrogen-bond acceptors (Lipinski definition) is 6. The van der Waals surface area contributed by atoms with Crippen LogP contribution >= 0.6 is 7.82 Å². The molecule has 0 radical (unpaired) electrons. The van der Waals surface area contributed by atoms with Crippen molar-refractivity contribution in [3.63, 3.8) is 0 Å². The van der Waals surface area contributed by atoms with Crippen LogP contribution in [0.1, 0.15) is 174 Å². The maximum absolute atomic E-state index is 12.6. The van der Waals surface area contributed by atoms with Gasteiger partial charge in [-0.2, -0.15) is 0 Å². The molecule has 9 heteroatoms. The predicted octanol–water partition coefficient (Wildman–Crippen LogP) is 9.39. The molecule has 0 aliphatic rings. The van der Waals surface area contributed by atoms with Crippen LogP contribution in [0.3, 0.4) is 0 Å². The summed E-state index contributed by atoms with van der Waals surface area (Å²) in [5, 5.41) is 13.6. The smallest absolute Gasteiger partial charge is 0.268 e. The number of phosphoric acid groups is 1. The van der Waals surface area contributed by atoms with Crippen molar-refractivity contribution in [3.05, 3.63) is 12.2 Å². The Morgan fingerprint density at radius 2 is 1.15 bits per heavy atom. The van der Waals surface area contributed by atoms with Gasteiger partial charge in [0.15, 0.2) is 0 Å². The fourth-order valence-electron chi connectivity index (χ4n) is 5.56. The minimum atomic E-state index is -4.57. The van der Waals surface area contributed by atoms with Crippen molar-refractivity contribution in [2.45, 2.75) is 187 Å². The van der Waals surface area contributed by atoms with Crippen molar-refractivity contribution in [1.29, 1.82) is 0 Å². The summed E-state index contributed by atoms with van der Waals surface area (Å²) in [4.78, 5) is 25.0. The molecule has 0 heterocycles. The van der Waals surface area contributed by atoms with Gasteiger partial charge in [-0.3, -0.25) is 9.36 Å². The van der Waals surface area contributed by atoms with Crippen LogP contribution < -0.4 is 10.2 Å². The zero-order chi connectivity index (χ0) is 35.1. The highest BCUT2D eigenvalue weighted by molar-refractivity contribution is 7.45. The highest BCUT2D eigenvalue weighted by atomic mass is 31.2. The van der Waals surface area contributed by atoms with Crippen LogP contribution in [0.5, 0.6) is 0 Å². The molecule has 0 rings (SSSR count). The van der Waals surface area contributed by atoms with E-state index in [1.165, 1.54) is 116 Å². The Morgan fingerprint density at radius 1 is 0.723 bits per heavy atom. The molecule has 280 valence electrons. The van der Waals surface area contributed by atoms with E-state index in [4.69, 9.17) is 9.05 Å². The third kappa shape index (κ3) is 33.5. The number of allylic oxidation sites excluding steroid dienone is 1. The van der Waals surface area contributed by atoms with Crippen molar-refractivity contribution >= 4 is 13.7 Å². The normalized spacial score (nSPS) is 14.8. The van der Waals surface area contributed by atoms with Gasteiger partial charge in [0, 0.05) is 6.42 Å². The fraction of sp³-hybridized carbons (Fsp3) is 0.921. The Kier molecular flexibility index (Phi) is 30.7. The van der Waals surface area contributed by atoms with Gasteiger partial charge < -0.3 is 28.8 Å². The number of carbonyl (C=O) groups excluding carboxylic acids is 1. The molecule has 2 N–H and O–H groups in total. The fourth-order valence-corrected chi connectivity index (χ4v) is 6.29. The van der Waals surface area contributed by atoms with Crippen LogP contribution in [-0.2, 0) is 18.4 Å². The number of carbonyl (C=O) groups is 1. The minimum Gasteiger partial charge on any atom is -0.756 e. The predicted molar refractivity (Wildman–Crippen MR) is 196 cm³/mol. The summed E-state index contributed by atoms with van der Waals surface area (Å²) >= 11 is 0. The van der Waals surface area contributed by atoms with Gasteiger partial charge in [-0.15, -0.1) is 0 Å². The molecule has 0 saturated heterocycles. The van der Waals surface area contributed by atoms with E-state index in [0.717, 1.165) is 38.5 Å². The SMILES string of the molecule is CCCCCCCCCCCCCCCCCCC/C=C/C(O)C(COP(=O)([O-])OCC[N+](C)(C)C)NC(=O)CCCCCCCC. The average Bonchev–Trinajstić information content (AvgIpc) is 3.01. The number of nitrogens with one attached hydrogen (secondary N) is 1. The highest BCUT2D eigenvalue weighted by Gasteiger charge is 2.23. The molecule has 47 heavy (non-hydrogen) atoms. The molecule has 0 bridgehead atoms. The molecule has 8 nitrogen and oxygen atoms in total. The molecule has 0 aromatic rings. The lowest BCUT2D eigenvalue weighted by molar-refractivity contribution is -0.870. The number of quaternary nitrogens is 1. The van der Waals surface area contributed by atoms with Gasteiger partial charge in [-0.1, -0.05) is 161 Å². The number of rotatable bonds is 35. The van der Waals surface area contributed by atoms with Crippen LogP contribution in [0.15, 0.2) is 12.2 Å². The largest absolute Gasteiger partial charge is 0.756 e. The summed E-state index contributed by atoms with van der Waals surface area (Å²) in [6.45, 7) is 4.57. The molecule has 0 aromatic heterocycles. The van der Waals surface area contributed by atoms with Gasteiger partial charge in [0.05, 0.1) is 39.9 Å². The minimum absolute atomic E-state index is 0.00114. The first-order valence-corrected chi connectivity index (χ1v) is 21.0. The van der Waals surface area contributed by atoms with Crippen LogP contribution in [0.4, 0.5) is 0 Å². The number of unbranched alkanes of at least 4 members (excludes halogenated alkanes) is 22. The molecule has 0 aliphatic carbocycles. The van der Waals surface area contributed by atoms with E-state index in [2.05, 4.69) is 19.2 Å². The Bertz CT molecular complexity index is 789. The molecule has 0 fully saturated rings. The van der Waals surface area contributed by atoms with E-state index >= 15 is 0 Å². The Morgan fingerprint density at radius 3 is 1.60 bits per heavy atom. The first kappa shape index (κ1) is 46.2. The molecule has 3 atom stereocenters. The lowest BCUT2D eigenvalue weighted by Gasteiger charge is -2.29. The maximum Gasteiger partial charge on any atom is 0.268 e. The number of aliphatic hydroxyl groups is 1. The number of likely N-dealkylation sites (N-methyl/N-ethyl adjacent to an activating group) is 1. The Labute approximate surface area is 291 Å². The zero-order valence-electron chi connectivity index (χ0n) is 31.5. The summed E-state index contributed by atoms with van der Waals surface area (Å²) < 4.78 is 23.0. The molecular weight excluding hydrogens is 611 g/mol. The van der Waals surface area contributed by atoms with Crippen molar-refractivity contribution in [3.8, 4) is 0 Å². The van der Waals surface area contributed by atoms with E-state index in [0.29, 0.717) is 17.4 Å². The Balaban J connectivity index is 4.31. The third-order valence-electron chi connectivity index (χ3n) is 8.75. The lowest BCUT2D eigenvalue weighted by atomic mass is 10.0. The average molecular weight is 689 g/mol. The van der Waals surface area contributed by atoms with E-state index in [1.54, 1.807) is 6.08 Å². The van der Waals surface area contributed by atoms with E-state index < -0.39 is 20.0 Å². The molecular formula is C38H77N2O6P. The maximum atomic E-state index is 12.6. The number of amides is 1. The summed E-state index contributed by atoms with van der Waals surface area (Å²) in [6.07, 6.45) is 32.8. The first-order chi connectivity index (χ1) is 22.5. The van der Waals surface area contributed by atoms with E-state index in [-0.39, 0.29) is 19.1 Å². The molecule has 0 aliphatic heterocycles. The van der Waals surface area contributed by atoms with Crippen molar-refractivity contribution in [2.75, 3.05) is 40.9 Å². The van der Waals surface area contributed by atoms with Crippen molar-refractivity contribution in [2.24, 2.45) is 0 Å². The number of hydrogen-bond donors (Lipinski definition) is 2. The van der Waals surface area contributed by atoms with Crippen LogP contribution in [0.25, 0.3) is 0 Å². The number of nitrogens with zero attached hydrogens (tertiary/aromatic N) is 1. The van der Waals surface area contributed by atoms with Crippen molar-refractivity contribution in [1.82, 2.24) is 5.32 Å². The highest BCUT2D eigenvalue weighted by Crippen LogP contribution is 2.38. The topological polar surface area (TPSA) is 108 Å². The van der Waals surface area contributed by atoms with Gasteiger partial charge in [-0.05, 0) is 19.3 Å². The lowest BCUT2D eigenvalue weighted by Crippen LogP contribution is -2.45. The second-order valence-electron chi connectivity index (χ2n) is 14.6. The van der Waals surface area contributed by atoms with Crippen molar-refractivity contribution < 1.29 is 32.9 Å². The van der Waals surface area contributed by atoms with Gasteiger partial charge in [0.25, 0.3) is 7.82 Å². The molecule has 0 aromatic carbocycles. The molecule has 1 amide bonds. The molecule has 0 spiro atoms. The van der Waals surface area contributed by atoms with Gasteiger partial charge in [0.2, 0.25) is 5.91 Å². The molecule has 3 unspecified atom stereocenters. The number of aliphatic hydroxyl groups excluding tert-OH is 1. The first-order valence-electron chi connectivity index (χ1n) is 19.6. The second kappa shape index (κ2) is 31.2. The second-order valence-corrected chi connectivity index (χ2v) is 16.1. The van der Waals surface area contributed by atoms with E-state index in [1.807, 2.05) is 27.2 Å². The quantitative estimate of drug-likeness (QED) is 0.0297. The summed E-state index contributed by atoms with van der Waals surface area (Å²) in [7, 11) is 1.26. The van der Waals surface area contributed by atoms with Gasteiger partial charge in [0.1, 0.15) is 13.2 Å². The van der Waals surface area contributed by atoms with Gasteiger partial charge in [-0.25, -0.2) is 0 Å². The summed E-state index contributed by atoms with van der Waals surface area (Å²) in [6, 6.07) is -0.876. The van der Waals surface area contributed by atoms with Crippen LogP contribution in [-0.4, -0.2) is 68.5 Å². The summed E-state index contributed by atoms with van der Waals surface area (Å²) in [5.41, 5.74) is 0. The van der Waals surface area contributed by atoms with Gasteiger partial charge >= 0.3 is 0 Å². The zero-order valence-corrected chi connectivity index (χ0v) is 32.4. The van der Waals surface area contributed by atoms with Crippen LogP contribution in [0, 0.1) is 0 Å². The monoisotopic (exact) mass is 689 g/mol. The third-order valence-corrected chi connectivity index (χ3v) is 9.71.